The first-order valence-corrected chi connectivity index (χ1v) is 5.94. The molecule has 0 saturated carbocycles. The normalized spacial score (nSPS) is 29.7. The molecule has 0 N–H and O–H groups in total. The molecule has 1 aliphatic heterocycles. The predicted octanol–water partition coefficient (Wildman–Crippen LogP) is 0.200. The van der Waals surface area contributed by atoms with Crippen molar-refractivity contribution in [1.82, 2.24) is 0 Å². The maximum Gasteiger partial charge on any atom is 0.303 e. The van der Waals surface area contributed by atoms with Crippen LogP contribution in [0.3, 0.4) is 0 Å². The number of esters is 3. The number of hydrogen-bond donors (Lipinski definition) is 0. The number of ether oxygens (including phenoxy) is 4. The minimum absolute atomic E-state index is 0.0601. The third-order valence-corrected chi connectivity index (χ3v) is 2.60. The molecule has 4 atom stereocenters. The Labute approximate surface area is 111 Å². The zero-order chi connectivity index (χ0) is 14.6. The van der Waals surface area contributed by atoms with Gasteiger partial charge in [-0.15, -0.1) is 0 Å². The van der Waals surface area contributed by atoms with Crippen molar-refractivity contribution >= 4 is 17.9 Å². The molecule has 7 heteroatoms. The smallest absolute Gasteiger partial charge is 0.303 e. The van der Waals surface area contributed by atoms with Gasteiger partial charge in [-0.3, -0.25) is 14.4 Å². The van der Waals surface area contributed by atoms with Crippen LogP contribution in [0.2, 0.25) is 0 Å². The van der Waals surface area contributed by atoms with E-state index in [1.807, 2.05) is 0 Å². The molecule has 1 aliphatic rings. The van der Waals surface area contributed by atoms with E-state index in [9.17, 15) is 14.4 Å². The molecule has 0 spiro atoms. The first kappa shape index (κ1) is 15.4. The van der Waals surface area contributed by atoms with Gasteiger partial charge in [0.1, 0.15) is 12.7 Å². The van der Waals surface area contributed by atoms with Gasteiger partial charge in [0.15, 0.2) is 12.2 Å². The Balaban J connectivity index is 2.76. The standard InChI is InChI=1S/C12H18O7/c1-6-11(18-8(3)14)12(19-9(4)15)10(17-6)5-16-7(2)13/h6,10-12H,5H2,1-4H3/t6?,10-,11+,12-/m0/s1. The van der Waals surface area contributed by atoms with Crippen molar-refractivity contribution < 1.29 is 33.3 Å². The zero-order valence-corrected chi connectivity index (χ0v) is 11.4. The molecule has 1 fully saturated rings. The van der Waals surface area contributed by atoms with Crippen LogP contribution in [0.15, 0.2) is 0 Å². The van der Waals surface area contributed by atoms with Crippen LogP contribution in [0.1, 0.15) is 27.7 Å². The van der Waals surface area contributed by atoms with Gasteiger partial charge in [0.2, 0.25) is 0 Å². The number of carbonyl (C=O) groups is 3. The van der Waals surface area contributed by atoms with E-state index in [-0.39, 0.29) is 6.61 Å². The SMILES string of the molecule is CC(=O)OC[C@@H]1OC(C)[C@@H](OC(C)=O)[C@H]1OC(C)=O. The van der Waals surface area contributed by atoms with Crippen LogP contribution in [0.5, 0.6) is 0 Å². The second kappa shape index (κ2) is 6.51. The van der Waals surface area contributed by atoms with Crippen LogP contribution in [0, 0.1) is 0 Å². The second-order valence-electron chi connectivity index (χ2n) is 4.33. The molecule has 108 valence electrons. The van der Waals surface area contributed by atoms with E-state index in [4.69, 9.17) is 18.9 Å². The van der Waals surface area contributed by atoms with Crippen molar-refractivity contribution in [1.29, 1.82) is 0 Å². The highest BCUT2D eigenvalue weighted by atomic mass is 16.6. The van der Waals surface area contributed by atoms with Gasteiger partial charge in [-0.05, 0) is 6.92 Å². The van der Waals surface area contributed by atoms with E-state index in [2.05, 4.69) is 0 Å². The molecule has 0 radical (unpaired) electrons. The first-order valence-electron chi connectivity index (χ1n) is 5.94. The molecule has 0 aliphatic carbocycles. The summed E-state index contributed by atoms with van der Waals surface area (Å²) in [6.45, 7) is 5.41. The van der Waals surface area contributed by atoms with Crippen molar-refractivity contribution in [2.75, 3.05) is 6.61 Å². The van der Waals surface area contributed by atoms with Gasteiger partial charge in [-0.25, -0.2) is 0 Å². The van der Waals surface area contributed by atoms with Gasteiger partial charge in [0, 0.05) is 20.8 Å². The van der Waals surface area contributed by atoms with Gasteiger partial charge >= 0.3 is 17.9 Å². The monoisotopic (exact) mass is 274 g/mol. The van der Waals surface area contributed by atoms with E-state index in [0.717, 1.165) is 0 Å². The lowest BCUT2D eigenvalue weighted by Gasteiger charge is -2.22. The summed E-state index contributed by atoms with van der Waals surface area (Å²) in [5.74, 6) is -1.48. The fraction of sp³-hybridized carbons (Fsp3) is 0.750. The molecule has 1 saturated heterocycles. The fourth-order valence-corrected chi connectivity index (χ4v) is 1.93. The highest BCUT2D eigenvalue weighted by Gasteiger charge is 2.47. The van der Waals surface area contributed by atoms with Crippen molar-refractivity contribution in [3.63, 3.8) is 0 Å². The zero-order valence-electron chi connectivity index (χ0n) is 11.4. The van der Waals surface area contributed by atoms with Gasteiger partial charge < -0.3 is 18.9 Å². The molecule has 0 aromatic heterocycles. The molecule has 1 unspecified atom stereocenters. The number of carbonyl (C=O) groups excluding carboxylic acids is 3. The molecule has 0 aromatic carbocycles. The number of hydrogen-bond acceptors (Lipinski definition) is 7. The molecular weight excluding hydrogens is 256 g/mol. The summed E-state index contributed by atoms with van der Waals surface area (Å²) in [7, 11) is 0. The van der Waals surface area contributed by atoms with Crippen LogP contribution in [-0.4, -0.2) is 48.9 Å². The Kier molecular flexibility index (Phi) is 5.29. The molecule has 7 nitrogen and oxygen atoms in total. The summed E-state index contributed by atoms with van der Waals surface area (Å²) in [5, 5.41) is 0. The summed E-state index contributed by atoms with van der Waals surface area (Å²) in [5.41, 5.74) is 0. The molecule has 1 heterocycles. The topological polar surface area (TPSA) is 88.1 Å². The van der Waals surface area contributed by atoms with Crippen LogP contribution < -0.4 is 0 Å². The minimum atomic E-state index is -0.782. The third kappa shape index (κ3) is 4.51. The number of rotatable bonds is 4. The quantitative estimate of drug-likeness (QED) is 0.534. The first-order chi connectivity index (χ1) is 8.81. The summed E-state index contributed by atoms with van der Waals surface area (Å²) in [6, 6.07) is 0. The predicted molar refractivity (Wildman–Crippen MR) is 62.1 cm³/mol. The summed E-state index contributed by atoms with van der Waals surface area (Å²) in [6.07, 6.45) is -2.58. The average molecular weight is 274 g/mol. The Hall–Kier alpha value is -1.63. The molecule has 0 amide bonds. The van der Waals surface area contributed by atoms with Crippen molar-refractivity contribution in [2.24, 2.45) is 0 Å². The van der Waals surface area contributed by atoms with Crippen LogP contribution in [0.4, 0.5) is 0 Å². The summed E-state index contributed by atoms with van der Waals surface area (Å²) < 4.78 is 20.6. The van der Waals surface area contributed by atoms with Crippen LogP contribution in [0.25, 0.3) is 0 Å². The molecule has 0 bridgehead atoms. The lowest BCUT2D eigenvalue weighted by Crippen LogP contribution is -2.40. The fourth-order valence-electron chi connectivity index (χ4n) is 1.93. The van der Waals surface area contributed by atoms with Crippen LogP contribution in [-0.2, 0) is 33.3 Å². The molecular formula is C12H18O7. The Morgan fingerprint density at radius 2 is 1.47 bits per heavy atom. The van der Waals surface area contributed by atoms with E-state index < -0.39 is 42.3 Å². The van der Waals surface area contributed by atoms with Gasteiger partial charge in [-0.2, -0.15) is 0 Å². The minimum Gasteiger partial charge on any atom is -0.463 e. The summed E-state index contributed by atoms with van der Waals surface area (Å²) in [4.78, 5) is 32.9. The highest BCUT2D eigenvalue weighted by Crippen LogP contribution is 2.27. The highest BCUT2D eigenvalue weighted by molar-refractivity contribution is 5.67. The Bertz CT molecular complexity index is 365. The Morgan fingerprint density at radius 1 is 0.947 bits per heavy atom. The third-order valence-electron chi connectivity index (χ3n) is 2.60. The molecule has 19 heavy (non-hydrogen) atoms. The molecule has 0 aromatic rings. The lowest BCUT2D eigenvalue weighted by atomic mass is 10.1. The van der Waals surface area contributed by atoms with Gasteiger partial charge in [0.25, 0.3) is 0 Å². The van der Waals surface area contributed by atoms with Crippen LogP contribution >= 0.6 is 0 Å². The Morgan fingerprint density at radius 3 is 1.95 bits per heavy atom. The molecule has 1 rings (SSSR count). The maximum atomic E-state index is 11.1. The van der Waals surface area contributed by atoms with Crippen molar-refractivity contribution in [3.8, 4) is 0 Å². The second-order valence-corrected chi connectivity index (χ2v) is 4.33. The lowest BCUT2D eigenvalue weighted by molar-refractivity contribution is -0.165. The van der Waals surface area contributed by atoms with E-state index in [1.54, 1.807) is 6.92 Å². The van der Waals surface area contributed by atoms with Gasteiger partial charge in [-0.1, -0.05) is 0 Å². The van der Waals surface area contributed by atoms with Gasteiger partial charge in [0.05, 0.1) is 6.10 Å². The van der Waals surface area contributed by atoms with Crippen molar-refractivity contribution in [3.05, 3.63) is 0 Å². The van der Waals surface area contributed by atoms with E-state index in [1.165, 1.54) is 20.8 Å². The van der Waals surface area contributed by atoms with Crippen molar-refractivity contribution in [2.45, 2.75) is 52.1 Å². The summed E-state index contributed by atoms with van der Waals surface area (Å²) >= 11 is 0. The maximum absolute atomic E-state index is 11.1. The largest absolute Gasteiger partial charge is 0.463 e. The average Bonchev–Trinajstić information content (AvgIpc) is 2.53. The van der Waals surface area contributed by atoms with E-state index in [0.29, 0.717) is 0 Å². The van der Waals surface area contributed by atoms with E-state index >= 15 is 0 Å².